The molecule has 0 radical (unpaired) electrons. The largest absolute Gasteiger partial charge is 0.356 e. The van der Waals surface area contributed by atoms with E-state index < -0.39 is 0 Å². The van der Waals surface area contributed by atoms with Gasteiger partial charge in [0.05, 0.1) is 0 Å². The normalized spacial score (nSPS) is 15.1. The van der Waals surface area contributed by atoms with Crippen LogP contribution in [0.5, 0.6) is 0 Å². The van der Waals surface area contributed by atoms with Gasteiger partial charge in [0.25, 0.3) is 0 Å². The van der Waals surface area contributed by atoms with Gasteiger partial charge in [-0.25, -0.2) is 0 Å². The second-order valence-electron chi connectivity index (χ2n) is 13.2. The lowest BCUT2D eigenvalue weighted by atomic mass is 10.0. The van der Waals surface area contributed by atoms with Gasteiger partial charge >= 0.3 is 0 Å². The van der Waals surface area contributed by atoms with Crippen LogP contribution in [0, 0.1) is 0 Å². The highest BCUT2D eigenvalue weighted by atomic mass is 15.4. The third kappa shape index (κ3) is 22.0. The molecule has 1 aliphatic rings. The maximum absolute atomic E-state index is 2.71. The van der Waals surface area contributed by atoms with Crippen molar-refractivity contribution in [2.45, 2.75) is 220 Å². The molecule has 0 aromatic rings. The molecule has 2 heteroatoms. The van der Waals surface area contributed by atoms with Gasteiger partial charge in [-0.1, -0.05) is 188 Å². The molecule has 0 aromatic heterocycles. The summed E-state index contributed by atoms with van der Waals surface area (Å²) in [4.78, 5) is 5.42. The maximum atomic E-state index is 2.71. The lowest BCUT2D eigenvalue weighted by molar-refractivity contribution is 0.135. The van der Waals surface area contributed by atoms with Gasteiger partial charge in [0.2, 0.25) is 0 Å². The van der Waals surface area contributed by atoms with E-state index in [9.17, 15) is 0 Å². The quantitative estimate of drug-likeness (QED) is 0.0755. The van der Waals surface area contributed by atoms with Crippen molar-refractivity contribution < 1.29 is 0 Å². The van der Waals surface area contributed by atoms with Crippen LogP contribution >= 0.6 is 0 Å². The molecule has 0 fully saturated rings. The summed E-state index contributed by atoms with van der Waals surface area (Å²) in [6.45, 7) is 9.48. The van der Waals surface area contributed by atoms with Crippen LogP contribution < -0.4 is 0 Å². The molecule has 1 unspecified atom stereocenters. The van der Waals surface area contributed by atoms with Gasteiger partial charge in [-0.15, -0.1) is 0 Å². The van der Waals surface area contributed by atoms with E-state index in [0.717, 1.165) is 0 Å². The Balaban J connectivity index is 2.20. The number of hydrogen-bond donors (Lipinski definition) is 0. The predicted octanol–water partition coefficient (Wildman–Crippen LogP) is 13.2. The lowest BCUT2D eigenvalue weighted by Gasteiger charge is -2.33. The summed E-state index contributed by atoms with van der Waals surface area (Å²) in [6.07, 6.45) is 48.4. The Kier molecular flexibility index (Phi) is 27.9. The molecule has 1 aliphatic heterocycles. The van der Waals surface area contributed by atoms with Crippen molar-refractivity contribution in [3.8, 4) is 0 Å². The Morgan fingerprint density at radius 1 is 0.325 bits per heavy atom. The second-order valence-corrected chi connectivity index (χ2v) is 13.2. The molecule has 0 saturated carbocycles. The summed E-state index contributed by atoms with van der Waals surface area (Å²) < 4.78 is 0. The zero-order valence-electron chi connectivity index (χ0n) is 28.3. The van der Waals surface area contributed by atoms with Gasteiger partial charge in [0.1, 0.15) is 6.17 Å². The molecule has 1 heterocycles. The Hall–Kier alpha value is -0.660. The van der Waals surface area contributed by atoms with Crippen molar-refractivity contribution in [1.29, 1.82) is 0 Å². The van der Waals surface area contributed by atoms with Gasteiger partial charge in [0, 0.05) is 25.5 Å². The van der Waals surface area contributed by atoms with Crippen LogP contribution in [0.25, 0.3) is 0 Å². The molecular weight excluding hydrogens is 484 g/mol. The molecule has 0 aliphatic carbocycles. The Bertz CT molecular complexity index is 516. The first-order chi connectivity index (χ1) is 19.8. The van der Waals surface area contributed by atoms with Gasteiger partial charge in [-0.05, 0) is 25.7 Å². The SMILES string of the molecule is CCCCCCCCCCCCCCCN1C=CN(CCCCCCCCCC)C1CCCCCCCCCC. The van der Waals surface area contributed by atoms with E-state index in [0.29, 0.717) is 6.17 Å². The number of unbranched alkanes of at least 4 members (excludes halogenated alkanes) is 26. The average molecular weight is 561 g/mol. The van der Waals surface area contributed by atoms with Crippen LogP contribution in [0.1, 0.15) is 213 Å². The molecule has 0 bridgehead atoms. The summed E-state index contributed by atoms with van der Waals surface area (Å²) in [5.41, 5.74) is 0. The first kappa shape index (κ1) is 37.4. The molecule has 1 atom stereocenters. The van der Waals surface area contributed by atoms with Crippen LogP contribution in [0.4, 0.5) is 0 Å². The van der Waals surface area contributed by atoms with Gasteiger partial charge in [0.15, 0.2) is 0 Å². The van der Waals surface area contributed by atoms with E-state index in [-0.39, 0.29) is 0 Å². The van der Waals surface area contributed by atoms with E-state index in [1.165, 1.54) is 206 Å². The fraction of sp³-hybridized carbons (Fsp3) is 0.947. The van der Waals surface area contributed by atoms with E-state index in [2.05, 4.69) is 43.0 Å². The average Bonchev–Trinajstić information content (AvgIpc) is 3.35. The predicted molar refractivity (Wildman–Crippen MR) is 182 cm³/mol. The minimum absolute atomic E-state index is 0.641. The minimum atomic E-state index is 0.641. The van der Waals surface area contributed by atoms with Crippen LogP contribution in [0.3, 0.4) is 0 Å². The van der Waals surface area contributed by atoms with Crippen LogP contribution in [0.15, 0.2) is 12.4 Å². The molecule has 40 heavy (non-hydrogen) atoms. The fourth-order valence-electron chi connectivity index (χ4n) is 6.54. The smallest absolute Gasteiger partial charge is 0.101 e. The Morgan fingerprint density at radius 2 is 0.575 bits per heavy atom. The molecule has 2 nitrogen and oxygen atoms in total. The summed E-state index contributed by atoms with van der Waals surface area (Å²) in [7, 11) is 0. The molecule has 0 N–H and O–H groups in total. The summed E-state index contributed by atoms with van der Waals surface area (Å²) in [5.74, 6) is 0. The maximum Gasteiger partial charge on any atom is 0.101 e. The van der Waals surface area contributed by atoms with Crippen molar-refractivity contribution in [1.82, 2.24) is 9.80 Å². The third-order valence-corrected chi connectivity index (χ3v) is 9.32. The monoisotopic (exact) mass is 561 g/mol. The molecule has 0 aromatic carbocycles. The zero-order chi connectivity index (χ0) is 28.8. The Morgan fingerprint density at radius 3 is 0.875 bits per heavy atom. The topological polar surface area (TPSA) is 6.48 Å². The lowest BCUT2D eigenvalue weighted by Crippen LogP contribution is -2.39. The van der Waals surface area contributed by atoms with E-state index in [1.54, 1.807) is 0 Å². The summed E-state index contributed by atoms with van der Waals surface area (Å²) in [6, 6.07) is 0. The number of nitrogens with zero attached hydrogens (tertiary/aromatic N) is 2. The highest BCUT2D eigenvalue weighted by Crippen LogP contribution is 2.24. The standard InChI is InChI=1S/C38H76N2/c1-4-7-10-13-16-19-20-21-22-23-26-29-32-35-40-37-36-39(34-31-28-25-18-15-12-9-6-3)38(40)33-30-27-24-17-14-11-8-5-2/h36-38H,4-35H2,1-3H3. The first-order valence-corrected chi connectivity index (χ1v) is 19.0. The highest BCUT2D eigenvalue weighted by Gasteiger charge is 2.24. The van der Waals surface area contributed by atoms with Crippen molar-refractivity contribution in [3.63, 3.8) is 0 Å². The van der Waals surface area contributed by atoms with Gasteiger partial charge < -0.3 is 9.80 Å². The molecule has 1 rings (SSSR count). The van der Waals surface area contributed by atoms with Crippen molar-refractivity contribution in [3.05, 3.63) is 12.4 Å². The molecule has 0 amide bonds. The van der Waals surface area contributed by atoms with Crippen molar-refractivity contribution >= 4 is 0 Å². The molecular formula is C38H76N2. The van der Waals surface area contributed by atoms with Gasteiger partial charge in [-0.3, -0.25) is 0 Å². The molecule has 238 valence electrons. The van der Waals surface area contributed by atoms with Gasteiger partial charge in [-0.2, -0.15) is 0 Å². The van der Waals surface area contributed by atoms with Crippen LogP contribution in [-0.2, 0) is 0 Å². The fourth-order valence-corrected chi connectivity index (χ4v) is 6.54. The number of hydrogen-bond acceptors (Lipinski definition) is 2. The second kappa shape index (κ2) is 29.8. The minimum Gasteiger partial charge on any atom is -0.356 e. The van der Waals surface area contributed by atoms with Crippen molar-refractivity contribution in [2.75, 3.05) is 13.1 Å². The van der Waals surface area contributed by atoms with Crippen LogP contribution in [-0.4, -0.2) is 29.1 Å². The summed E-state index contributed by atoms with van der Waals surface area (Å²) in [5, 5.41) is 0. The Labute approximate surface area is 254 Å². The zero-order valence-corrected chi connectivity index (χ0v) is 28.3. The van der Waals surface area contributed by atoms with E-state index in [1.807, 2.05) is 0 Å². The van der Waals surface area contributed by atoms with E-state index in [4.69, 9.17) is 0 Å². The molecule has 0 saturated heterocycles. The van der Waals surface area contributed by atoms with Crippen molar-refractivity contribution in [2.24, 2.45) is 0 Å². The van der Waals surface area contributed by atoms with E-state index >= 15 is 0 Å². The van der Waals surface area contributed by atoms with Crippen LogP contribution in [0.2, 0.25) is 0 Å². The number of rotatable bonds is 32. The summed E-state index contributed by atoms with van der Waals surface area (Å²) >= 11 is 0. The molecule has 0 spiro atoms. The third-order valence-electron chi connectivity index (χ3n) is 9.32. The highest BCUT2D eigenvalue weighted by molar-refractivity contribution is 4.97. The first-order valence-electron chi connectivity index (χ1n) is 19.0.